The summed E-state index contributed by atoms with van der Waals surface area (Å²) in [6.45, 7) is 0. The van der Waals surface area contributed by atoms with Crippen LogP contribution in [0.3, 0.4) is 0 Å². The third-order valence-corrected chi connectivity index (χ3v) is 2.20. The molecule has 2 heterocycles. The van der Waals surface area contributed by atoms with Crippen LogP contribution >= 0.6 is 12.2 Å². The van der Waals surface area contributed by atoms with E-state index in [0.29, 0.717) is 0 Å². The third kappa shape index (κ3) is 2.45. The van der Waals surface area contributed by atoms with Gasteiger partial charge in [0, 0.05) is 6.20 Å². The van der Waals surface area contributed by atoms with Crippen molar-refractivity contribution in [3.63, 3.8) is 0 Å². The zero-order chi connectivity index (χ0) is 13.3. The summed E-state index contributed by atoms with van der Waals surface area (Å²) < 4.78 is 38.6. The minimum atomic E-state index is -4.44. The molecule has 0 saturated heterocycles. The second-order valence-corrected chi connectivity index (χ2v) is 3.72. The van der Waals surface area contributed by atoms with Gasteiger partial charge in [-0.2, -0.15) is 13.2 Å². The molecule has 0 bridgehead atoms. The van der Waals surface area contributed by atoms with Crippen LogP contribution in [0.5, 0.6) is 0 Å². The molecule has 0 aliphatic carbocycles. The molecular weight excluding hydrogens is 267 g/mol. The Kier molecular flexibility index (Phi) is 2.99. The van der Waals surface area contributed by atoms with Crippen LogP contribution in [0.1, 0.15) is 11.4 Å². The summed E-state index contributed by atoms with van der Waals surface area (Å²) in [7, 11) is 0. The number of thiocarbonyl (C=S) groups is 1. The van der Waals surface area contributed by atoms with E-state index in [-0.39, 0.29) is 16.6 Å². The summed E-state index contributed by atoms with van der Waals surface area (Å²) >= 11 is 4.65. The van der Waals surface area contributed by atoms with E-state index in [1.165, 1.54) is 6.33 Å². The lowest BCUT2D eigenvalue weighted by Crippen LogP contribution is -2.12. The maximum absolute atomic E-state index is 12.5. The van der Waals surface area contributed by atoms with Crippen molar-refractivity contribution in [1.29, 1.82) is 0 Å². The standard InChI is InChI=1S/C9H6F3N5S/c10-9(11,12)5-1-2-14-6(3-5)17-4-15-8(16-17)7(13)18/h1-4H,(H2,13,18). The molecule has 0 aliphatic heterocycles. The minimum absolute atomic E-state index is 0.0141. The number of aromatic nitrogens is 4. The summed E-state index contributed by atoms with van der Waals surface area (Å²) in [5, 5.41) is 3.81. The summed E-state index contributed by atoms with van der Waals surface area (Å²) in [6, 6.07) is 1.73. The van der Waals surface area contributed by atoms with Crippen LogP contribution in [0.25, 0.3) is 5.82 Å². The molecule has 0 aromatic carbocycles. The number of nitrogens with zero attached hydrogens (tertiary/aromatic N) is 4. The average molecular weight is 273 g/mol. The Balaban J connectivity index is 2.41. The molecule has 2 aromatic rings. The van der Waals surface area contributed by atoms with E-state index in [4.69, 9.17) is 5.73 Å². The van der Waals surface area contributed by atoms with Crippen molar-refractivity contribution in [1.82, 2.24) is 19.7 Å². The first-order valence-electron chi connectivity index (χ1n) is 4.63. The second-order valence-electron chi connectivity index (χ2n) is 3.28. The lowest BCUT2D eigenvalue weighted by molar-refractivity contribution is -0.137. The Morgan fingerprint density at radius 3 is 2.61 bits per heavy atom. The second kappa shape index (κ2) is 4.33. The van der Waals surface area contributed by atoms with Gasteiger partial charge in [-0.15, -0.1) is 5.10 Å². The Labute approximate surface area is 104 Å². The molecule has 2 rings (SSSR count). The summed E-state index contributed by atoms with van der Waals surface area (Å²) in [5.41, 5.74) is 4.48. The first kappa shape index (κ1) is 12.4. The van der Waals surface area contributed by atoms with E-state index in [1.807, 2.05) is 0 Å². The van der Waals surface area contributed by atoms with Crippen LogP contribution in [0.2, 0.25) is 0 Å². The predicted octanol–water partition coefficient (Wildman–Crippen LogP) is 1.32. The minimum Gasteiger partial charge on any atom is -0.387 e. The van der Waals surface area contributed by atoms with Crippen LogP contribution < -0.4 is 5.73 Å². The molecule has 0 amide bonds. The lowest BCUT2D eigenvalue weighted by atomic mass is 10.2. The van der Waals surface area contributed by atoms with E-state index in [0.717, 1.165) is 23.0 Å². The Morgan fingerprint density at radius 2 is 2.06 bits per heavy atom. The number of pyridine rings is 1. The van der Waals surface area contributed by atoms with Crippen molar-refractivity contribution < 1.29 is 13.2 Å². The molecule has 0 aliphatic rings. The van der Waals surface area contributed by atoms with Crippen molar-refractivity contribution in [3.8, 4) is 5.82 Å². The normalized spacial score (nSPS) is 11.5. The van der Waals surface area contributed by atoms with Crippen molar-refractivity contribution in [2.45, 2.75) is 6.18 Å². The van der Waals surface area contributed by atoms with E-state index in [1.54, 1.807) is 0 Å². The number of hydrogen-bond acceptors (Lipinski definition) is 4. The van der Waals surface area contributed by atoms with Gasteiger partial charge in [0.25, 0.3) is 0 Å². The van der Waals surface area contributed by atoms with Gasteiger partial charge >= 0.3 is 6.18 Å². The molecule has 0 fully saturated rings. The smallest absolute Gasteiger partial charge is 0.387 e. The number of halogens is 3. The molecule has 0 spiro atoms. The van der Waals surface area contributed by atoms with E-state index >= 15 is 0 Å². The van der Waals surface area contributed by atoms with E-state index in [9.17, 15) is 13.2 Å². The average Bonchev–Trinajstić information content (AvgIpc) is 2.77. The maximum atomic E-state index is 12.5. The zero-order valence-electron chi connectivity index (χ0n) is 8.72. The first-order valence-corrected chi connectivity index (χ1v) is 5.04. The van der Waals surface area contributed by atoms with Crippen LogP contribution in [0, 0.1) is 0 Å². The Morgan fingerprint density at radius 1 is 1.33 bits per heavy atom. The number of rotatable bonds is 2. The van der Waals surface area contributed by atoms with Gasteiger partial charge in [-0.25, -0.2) is 14.6 Å². The van der Waals surface area contributed by atoms with Gasteiger partial charge in [0.15, 0.2) is 5.82 Å². The highest BCUT2D eigenvalue weighted by Gasteiger charge is 2.30. The Hall–Kier alpha value is -2.03. The zero-order valence-corrected chi connectivity index (χ0v) is 9.53. The molecule has 0 saturated carbocycles. The molecule has 94 valence electrons. The first-order chi connectivity index (χ1) is 8.38. The predicted molar refractivity (Wildman–Crippen MR) is 60.0 cm³/mol. The van der Waals surface area contributed by atoms with Gasteiger partial charge in [-0.05, 0) is 12.1 Å². The van der Waals surface area contributed by atoms with Gasteiger partial charge in [-0.3, -0.25) is 0 Å². The fourth-order valence-corrected chi connectivity index (χ4v) is 1.30. The largest absolute Gasteiger partial charge is 0.416 e. The van der Waals surface area contributed by atoms with E-state index < -0.39 is 11.7 Å². The fraction of sp³-hybridized carbons (Fsp3) is 0.111. The molecule has 2 aromatic heterocycles. The van der Waals surface area contributed by atoms with Gasteiger partial charge in [0.1, 0.15) is 11.3 Å². The van der Waals surface area contributed by atoms with Gasteiger partial charge in [0.2, 0.25) is 5.82 Å². The molecular formula is C9H6F3N5S. The van der Waals surface area contributed by atoms with Crippen LogP contribution in [-0.4, -0.2) is 24.7 Å². The summed E-state index contributed by atoms with van der Waals surface area (Å²) in [5.74, 6) is 0.0593. The van der Waals surface area contributed by atoms with Crippen LogP contribution in [0.4, 0.5) is 13.2 Å². The van der Waals surface area contributed by atoms with Crippen molar-refractivity contribution >= 4 is 17.2 Å². The van der Waals surface area contributed by atoms with Gasteiger partial charge in [0.05, 0.1) is 5.56 Å². The van der Waals surface area contributed by atoms with Crippen molar-refractivity contribution in [2.24, 2.45) is 5.73 Å². The highest BCUT2D eigenvalue weighted by atomic mass is 32.1. The van der Waals surface area contributed by atoms with Crippen molar-refractivity contribution in [2.75, 3.05) is 0 Å². The fourth-order valence-electron chi connectivity index (χ4n) is 1.21. The van der Waals surface area contributed by atoms with Crippen LogP contribution in [0.15, 0.2) is 24.7 Å². The monoisotopic (exact) mass is 273 g/mol. The van der Waals surface area contributed by atoms with Crippen molar-refractivity contribution in [3.05, 3.63) is 36.0 Å². The SMILES string of the molecule is NC(=S)c1ncn(-c2cc(C(F)(F)F)ccn2)n1. The molecule has 18 heavy (non-hydrogen) atoms. The van der Waals surface area contributed by atoms with Gasteiger partial charge in [-0.1, -0.05) is 12.2 Å². The highest BCUT2D eigenvalue weighted by molar-refractivity contribution is 7.80. The number of hydrogen-bond donors (Lipinski definition) is 1. The summed E-state index contributed by atoms with van der Waals surface area (Å²) in [6.07, 6.45) is -2.21. The van der Waals surface area contributed by atoms with Crippen LogP contribution in [-0.2, 0) is 6.18 Å². The number of alkyl halides is 3. The number of nitrogens with two attached hydrogens (primary N) is 1. The molecule has 0 radical (unpaired) electrons. The molecule has 5 nitrogen and oxygen atoms in total. The molecule has 2 N–H and O–H groups in total. The summed E-state index contributed by atoms with van der Waals surface area (Å²) in [4.78, 5) is 7.48. The Bertz CT molecular complexity index is 592. The molecule has 0 atom stereocenters. The molecule has 0 unspecified atom stereocenters. The van der Waals surface area contributed by atoms with Gasteiger partial charge < -0.3 is 5.73 Å². The third-order valence-electron chi connectivity index (χ3n) is 2.02. The lowest BCUT2D eigenvalue weighted by Gasteiger charge is -2.07. The molecule has 9 heteroatoms. The maximum Gasteiger partial charge on any atom is 0.416 e. The van der Waals surface area contributed by atoms with E-state index in [2.05, 4.69) is 27.3 Å². The quantitative estimate of drug-likeness (QED) is 0.836. The highest BCUT2D eigenvalue weighted by Crippen LogP contribution is 2.29. The topological polar surface area (TPSA) is 69.6 Å².